The molecule has 2 rings (SSSR count). The number of hydrogen-bond donors (Lipinski definition) is 1. The Balaban J connectivity index is 2.39. The van der Waals surface area contributed by atoms with Crippen LogP contribution in [0.1, 0.15) is 10.4 Å². The molecular weight excluding hydrogens is 362 g/mol. The van der Waals surface area contributed by atoms with Crippen molar-refractivity contribution in [3.05, 3.63) is 57.5 Å². The third kappa shape index (κ3) is 3.38. The summed E-state index contributed by atoms with van der Waals surface area (Å²) in [5.41, 5.74) is -1.47. The van der Waals surface area contributed by atoms with E-state index in [2.05, 4.69) is 15.7 Å². The van der Waals surface area contributed by atoms with Gasteiger partial charge in [-0.15, -0.1) is 13.2 Å². The SMILES string of the molecule is C=CC(O)(c1ccc(OC(F)(F)F)cc1)c1snc(Cl)c1Cl. The molecule has 0 saturated heterocycles. The van der Waals surface area contributed by atoms with Gasteiger partial charge in [0.2, 0.25) is 0 Å². The third-order valence-corrected chi connectivity index (χ3v) is 4.69. The van der Waals surface area contributed by atoms with Gasteiger partial charge in [0, 0.05) is 0 Å². The average molecular weight is 370 g/mol. The minimum absolute atomic E-state index is 0.0268. The summed E-state index contributed by atoms with van der Waals surface area (Å²) in [6.45, 7) is 3.53. The average Bonchev–Trinajstić information content (AvgIpc) is 2.78. The van der Waals surface area contributed by atoms with E-state index in [-0.39, 0.29) is 20.6 Å². The van der Waals surface area contributed by atoms with Crippen LogP contribution in [-0.4, -0.2) is 15.8 Å². The quantitative estimate of drug-likeness (QED) is 0.789. The summed E-state index contributed by atoms with van der Waals surface area (Å²) in [6, 6.07) is 4.70. The molecule has 1 aromatic carbocycles. The lowest BCUT2D eigenvalue weighted by atomic mass is 9.92. The van der Waals surface area contributed by atoms with Crippen molar-refractivity contribution in [3.8, 4) is 5.75 Å². The van der Waals surface area contributed by atoms with Crippen molar-refractivity contribution < 1.29 is 23.0 Å². The van der Waals surface area contributed by atoms with Crippen molar-refractivity contribution in [1.29, 1.82) is 0 Å². The van der Waals surface area contributed by atoms with Gasteiger partial charge in [-0.25, -0.2) is 0 Å². The molecule has 0 saturated carbocycles. The highest BCUT2D eigenvalue weighted by atomic mass is 35.5. The Labute approximate surface area is 137 Å². The molecule has 22 heavy (non-hydrogen) atoms. The van der Waals surface area contributed by atoms with E-state index in [0.717, 1.165) is 23.7 Å². The minimum atomic E-state index is -4.79. The molecule has 0 radical (unpaired) electrons. The first kappa shape index (κ1) is 17.1. The van der Waals surface area contributed by atoms with Crippen LogP contribution in [-0.2, 0) is 5.60 Å². The number of benzene rings is 1. The number of aliphatic hydroxyl groups is 1. The first-order valence-electron chi connectivity index (χ1n) is 5.71. The van der Waals surface area contributed by atoms with Crippen molar-refractivity contribution in [3.63, 3.8) is 0 Å². The number of nitrogens with zero attached hydrogens (tertiary/aromatic N) is 1. The molecule has 9 heteroatoms. The Morgan fingerprint density at radius 2 is 1.82 bits per heavy atom. The van der Waals surface area contributed by atoms with Crippen molar-refractivity contribution in [1.82, 2.24) is 4.37 Å². The van der Waals surface area contributed by atoms with E-state index in [1.165, 1.54) is 18.2 Å². The van der Waals surface area contributed by atoms with Crippen LogP contribution in [0.3, 0.4) is 0 Å². The van der Waals surface area contributed by atoms with Crippen LogP contribution in [0.5, 0.6) is 5.75 Å². The van der Waals surface area contributed by atoms with Gasteiger partial charge in [-0.05, 0) is 29.2 Å². The summed E-state index contributed by atoms with van der Waals surface area (Å²) < 4.78 is 44.0. The fourth-order valence-corrected chi connectivity index (χ4v) is 3.12. The van der Waals surface area contributed by atoms with Crippen molar-refractivity contribution >= 4 is 34.7 Å². The summed E-state index contributed by atoms with van der Waals surface area (Å²) >= 11 is 12.6. The molecule has 1 N–H and O–H groups in total. The van der Waals surface area contributed by atoms with Gasteiger partial charge < -0.3 is 9.84 Å². The molecule has 0 aliphatic rings. The van der Waals surface area contributed by atoms with Crippen LogP contribution in [0.2, 0.25) is 10.2 Å². The Morgan fingerprint density at radius 3 is 2.23 bits per heavy atom. The van der Waals surface area contributed by atoms with Gasteiger partial charge in [0.25, 0.3) is 0 Å². The molecule has 0 aliphatic carbocycles. The summed E-state index contributed by atoms with van der Waals surface area (Å²) in [6.07, 6.45) is -3.59. The van der Waals surface area contributed by atoms with E-state index in [9.17, 15) is 18.3 Å². The zero-order valence-corrected chi connectivity index (χ0v) is 13.0. The lowest BCUT2D eigenvalue weighted by molar-refractivity contribution is -0.274. The second-order valence-corrected chi connectivity index (χ2v) is 5.67. The highest BCUT2D eigenvalue weighted by Gasteiger charge is 2.35. The number of alkyl halides is 3. The Bertz CT molecular complexity index is 688. The fraction of sp³-hybridized carbons (Fsp3) is 0.154. The maximum atomic E-state index is 12.1. The lowest BCUT2D eigenvalue weighted by Gasteiger charge is -2.24. The van der Waals surface area contributed by atoms with Gasteiger partial charge in [0.05, 0.1) is 9.90 Å². The standard InChI is InChI=1S/C13H8Cl2F3NO2S/c1-2-12(20,10-9(14)11(15)19-22-10)7-3-5-8(6-4-7)21-13(16,17)18/h2-6,20H,1H2. The first-order chi connectivity index (χ1) is 10.2. The van der Waals surface area contributed by atoms with Gasteiger partial charge in [-0.1, -0.05) is 48.0 Å². The Hall–Kier alpha value is -1.28. The number of rotatable bonds is 4. The molecule has 3 nitrogen and oxygen atoms in total. The van der Waals surface area contributed by atoms with Gasteiger partial charge in [0.1, 0.15) is 11.4 Å². The zero-order chi connectivity index (χ0) is 16.5. The zero-order valence-electron chi connectivity index (χ0n) is 10.7. The van der Waals surface area contributed by atoms with E-state index in [1.807, 2.05) is 0 Å². The van der Waals surface area contributed by atoms with Crippen molar-refractivity contribution in [2.45, 2.75) is 12.0 Å². The van der Waals surface area contributed by atoms with E-state index in [1.54, 1.807) is 0 Å². The van der Waals surface area contributed by atoms with Gasteiger partial charge in [0.15, 0.2) is 5.15 Å². The van der Waals surface area contributed by atoms with Gasteiger partial charge in [-0.2, -0.15) is 4.37 Å². The normalized spacial score (nSPS) is 14.5. The molecule has 0 fully saturated rings. The van der Waals surface area contributed by atoms with E-state index in [0.29, 0.717) is 0 Å². The topological polar surface area (TPSA) is 42.4 Å². The molecule has 1 aromatic heterocycles. The number of hydrogen-bond acceptors (Lipinski definition) is 4. The van der Waals surface area contributed by atoms with Crippen LogP contribution < -0.4 is 4.74 Å². The third-order valence-electron chi connectivity index (χ3n) is 2.77. The second kappa shape index (κ2) is 6.08. The summed E-state index contributed by atoms with van der Waals surface area (Å²) in [4.78, 5) is 0.221. The number of aromatic nitrogens is 1. The molecule has 0 amide bonds. The van der Waals surface area contributed by atoms with Crippen LogP contribution in [0.15, 0.2) is 36.9 Å². The first-order valence-corrected chi connectivity index (χ1v) is 7.23. The van der Waals surface area contributed by atoms with Crippen LogP contribution in [0, 0.1) is 0 Å². The maximum Gasteiger partial charge on any atom is 0.573 e. The van der Waals surface area contributed by atoms with Gasteiger partial charge in [-0.3, -0.25) is 0 Å². The highest BCUT2D eigenvalue weighted by molar-refractivity contribution is 7.07. The lowest BCUT2D eigenvalue weighted by Crippen LogP contribution is -2.23. The molecule has 1 unspecified atom stereocenters. The summed E-state index contributed by atoms with van der Waals surface area (Å²) in [5.74, 6) is -0.406. The van der Waals surface area contributed by atoms with Gasteiger partial charge >= 0.3 is 6.36 Å². The largest absolute Gasteiger partial charge is 0.573 e. The molecule has 0 spiro atoms. The highest BCUT2D eigenvalue weighted by Crippen LogP contribution is 2.41. The monoisotopic (exact) mass is 369 g/mol. The summed E-state index contributed by atoms with van der Waals surface area (Å²) in [5, 5.41) is 10.8. The molecular formula is C13H8Cl2F3NO2S. The van der Waals surface area contributed by atoms with Crippen LogP contribution >= 0.6 is 34.7 Å². The molecule has 1 heterocycles. The molecule has 0 aliphatic heterocycles. The minimum Gasteiger partial charge on any atom is -0.406 e. The maximum absolute atomic E-state index is 12.1. The molecule has 2 aromatic rings. The van der Waals surface area contributed by atoms with Crippen LogP contribution in [0.4, 0.5) is 13.2 Å². The smallest absolute Gasteiger partial charge is 0.406 e. The van der Waals surface area contributed by atoms with Crippen molar-refractivity contribution in [2.75, 3.05) is 0 Å². The predicted octanol–water partition coefficient (Wildman–Crippen LogP) is 4.77. The second-order valence-electron chi connectivity index (χ2n) is 4.16. The molecule has 118 valence electrons. The molecule has 0 bridgehead atoms. The molecule has 1 atom stereocenters. The van der Waals surface area contributed by atoms with Crippen molar-refractivity contribution in [2.24, 2.45) is 0 Å². The van der Waals surface area contributed by atoms with E-state index >= 15 is 0 Å². The summed E-state index contributed by atoms with van der Waals surface area (Å²) in [7, 11) is 0. The number of ether oxygens (including phenoxy) is 1. The number of halogens is 5. The Kier molecular flexibility index (Phi) is 4.72. The Morgan fingerprint density at radius 1 is 1.23 bits per heavy atom. The van der Waals surface area contributed by atoms with Crippen LogP contribution in [0.25, 0.3) is 0 Å². The predicted molar refractivity (Wildman–Crippen MR) is 78.5 cm³/mol. The van der Waals surface area contributed by atoms with E-state index in [4.69, 9.17) is 23.2 Å². The van der Waals surface area contributed by atoms with E-state index < -0.39 is 17.7 Å². The fourth-order valence-electron chi connectivity index (χ4n) is 1.75.